The van der Waals surface area contributed by atoms with Gasteiger partial charge in [0.15, 0.2) is 0 Å². The Balaban J connectivity index is 2.85. The summed E-state index contributed by atoms with van der Waals surface area (Å²) in [6, 6.07) is 7.22. The molecule has 5 heteroatoms. The van der Waals surface area contributed by atoms with Crippen LogP contribution in [0.3, 0.4) is 0 Å². The molecule has 0 spiro atoms. The Morgan fingerprint density at radius 1 is 1.35 bits per heavy atom. The number of halogens is 1. The van der Waals surface area contributed by atoms with Crippen LogP contribution < -0.4 is 5.56 Å². The maximum absolute atomic E-state index is 11.8. The van der Waals surface area contributed by atoms with E-state index in [4.69, 9.17) is 0 Å². The van der Waals surface area contributed by atoms with Crippen LogP contribution in [0.4, 0.5) is 0 Å². The summed E-state index contributed by atoms with van der Waals surface area (Å²) in [5.74, 6) is 0.0312. The van der Waals surface area contributed by atoms with Crippen LogP contribution in [-0.2, 0) is 6.42 Å². The van der Waals surface area contributed by atoms with E-state index < -0.39 is 5.56 Å². The van der Waals surface area contributed by atoms with Gasteiger partial charge < -0.3 is 10.1 Å². The molecule has 102 valence electrons. The number of aromatic hydroxyl groups is 1. The molecule has 2 N–H and O–H groups in total. The summed E-state index contributed by atoms with van der Waals surface area (Å²) in [7, 11) is 0. The van der Waals surface area contributed by atoms with E-state index in [-0.39, 0.29) is 11.3 Å². The molecule has 0 atom stereocenters. The molecule has 0 aliphatic heterocycles. The first-order valence-electron chi connectivity index (χ1n) is 6.13. The zero-order valence-corrected chi connectivity index (χ0v) is 12.7. The molecule has 0 radical (unpaired) electrons. The van der Waals surface area contributed by atoms with E-state index >= 15 is 0 Å². The molecule has 1 aromatic carbocycles. The summed E-state index contributed by atoms with van der Waals surface area (Å²) < 4.78 is 0.550. The van der Waals surface area contributed by atoms with E-state index in [9.17, 15) is 15.2 Å². The minimum atomic E-state index is -0.445. The third kappa shape index (κ3) is 2.47. The highest BCUT2D eigenvalue weighted by molar-refractivity contribution is 9.10. The molecule has 1 heterocycles. The van der Waals surface area contributed by atoms with Gasteiger partial charge in [-0.25, -0.2) is 0 Å². The highest BCUT2D eigenvalue weighted by atomic mass is 79.9. The summed E-state index contributed by atoms with van der Waals surface area (Å²) in [6.45, 7) is 3.73. The van der Waals surface area contributed by atoms with Crippen LogP contribution in [-0.4, -0.2) is 10.1 Å². The largest absolute Gasteiger partial charge is 0.506 e. The van der Waals surface area contributed by atoms with Gasteiger partial charge in [0.1, 0.15) is 17.4 Å². The number of H-pyrrole nitrogens is 1. The van der Waals surface area contributed by atoms with Gasteiger partial charge in [0, 0.05) is 16.8 Å². The highest BCUT2D eigenvalue weighted by Crippen LogP contribution is 2.37. The SMILES string of the molecule is CCc1cc(Br)c(O)c(-c2cc(C)[nH]c(=O)c2C#N)c1. The number of benzene rings is 1. The first kappa shape index (κ1) is 14.4. The number of phenolic OH excluding ortho intramolecular Hbond substituents is 1. The number of hydrogen-bond donors (Lipinski definition) is 2. The maximum Gasteiger partial charge on any atom is 0.266 e. The number of nitriles is 1. The molecule has 0 aliphatic carbocycles. The number of rotatable bonds is 2. The van der Waals surface area contributed by atoms with Crippen LogP contribution in [0.1, 0.15) is 23.7 Å². The lowest BCUT2D eigenvalue weighted by Gasteiger charge is -2.11. The Kier molecular flexibility index (Phi) is 3.96. The number of pyridine rings is 1. The molecular formula is C15H13BrN2O2. The molecule has 0 amide bonds. The summed E-state index contributed by atoms with van der Waals surface area (Å²) in [4.78, 5) is 14.4. The molecule has 4 nitrogen and oxygen atoms in total. The number of nitrogens with one attached hydrogen (secondary N) is 1. The van der Waals surface area contributed by atoms with Crippen LogP contribution in [0.2, 0.25) is 0 Å². The van der Waals surface area contributed by atoms with E-state index in [0.717, 1.165) is 12.0 Å². The van der Waals surface area contributed by atoms with Crippen molar-refractivity contribution < 1.29 is 5.11 Å². The first-order valence-corrected chi connectivity index (χ1v) is 6.93. The van der Waals surface area contributed by atoms with Crippen molar-refractivity contribution in [2.24, 2.45) is 0 Å². The average molecular weight is 333 g/mol. The maximum atomic E-state index is 11.8. The second kappa shape index (κ2) is 5.51. The van der Waals surface area contributed by atoms with E-state index in [1.165, 1.54) is 0 Å². The predicted octanol–water partition coefficient (Wildman–Crippen LogP) is 3.25. The fourth-order valence-electron chi connectivity index (χ4n) is 2.08. The fraction of sp³-hybridized carbons (Fsp3) is 0.200. The first-order chi connectivity index (χ1) is 9.47. The molecule has 0 saturated carbocycles. The van der Waals surface area contributed by atoms with Crippen molar-refractivity contribution >= 4 is 15.9 Å². The van der Waals surface area contributed by atoms with Crippen molar-refractivity contribution in [3.63, 3.8) is 0 Å². The van der Waals surface area contributed by atoms with Crippen LogP contribution in [0, 0.1) is 18.3 Å². The standard InChI is InChI=1S/C15H13BrN2O2/c1-3-9-5-11(14(19)13(16)6-9)10-4-8(2)18-15(20)12(10)7-17/h4-6,19H,3H2,1-2H3,(H,18,20). The van der Waals surface area contributed by atoms with Crippen LogP contribution in [0.5, 0.6) is 5.75 Å². The Morgan fingerprint density at radius 2 is 2.05 bits per heavy atom. The van der Waals surface area contributed by atoms with Crippen molar-refractivity contribution in [3.05, 3.63) is 49.8 Å². The molecule has 2 rings (SSSR count). The van der Waals surface area contributed by atoms with Gasteiger partial charge in [-0.05, 0) is 53.0 Å². The average Bonchev–Trinajstić information content (AvgIpc) is 2.41. The Bertz CT molecular complexity index is 773. The lowest BCUT2D eigenvalue weighted by Crippen LogP contribution is -2.12. The monoisotopic (exact) mass is 332 g/mol. The molecule has 0 aliphatic rings. The quantitative estimate of drug-likeness (QED) is 0.886. The third-order valence-electron chi connectivity index (χ3n) is 3.10. The third-order valence-corrected chi connectivity index (χ3v) is 3.71. The van der Waals surface area contributed by atoms with Gasteiger partial charge >= 0.3 is 0 Å². The van der Waals surface area contributed by atoms with Gasteiger partial charge in [0.05, 0.1) is 4.47 Å². The van der Waals surface area contributed by atoms with Gasteiger partial charge in [-0.15, -0.1) is 0 Å². The minimum absolute atomic E-state index is 0.00560. The Morgan fingerprint density at radius 3 is 2.65 bits per heavy atom. The smallest absolute Gasteiger partial charge is 0.266 e. The van der Waals surface area contributed by atoms with E-state index in [1.807, 2.05) is 19.1 Å². The highest BCUT2D eigenvalue weighted by Gasteiger charge is 2.16. The lowest BCUT2D eigenvalue weighted by atomic mass is 9.97. The molecule has 1 aromatic heterocycles. The molecule has 0 saturated heterocycles. The van der Waals surface area contributed by atoms with Crippen LogP contribution in [0.15, 0.2) is 27.5 Å². The van der Waals surface area contributed by atoms with Crippen molar-refractivity contribution in [1.82, 2.24) is 4.98 Å². The summed E-state index contributed by atoms with van der Waals surface area (Å²) in [6.07, 6.45) is 0.788. The van der Waals surface area contributed by atoms with Crippen molar-refractivity contribution in [2.45, 2.75) is 20.3 Å². The number of aryl methyl sites for hydroxylation is 2. The van der Waals surface area contributed by atoms with E-state index in [0.29, 0.717) is 21.3 Å². The fourth-order valence-corrected chi connectivity index (χ4v) is 2.58. The number of hydrogen-bond acceptors (Lipinski definition) is 3. The van der Waals surface area contributed by atoms with Crippen LogP contribution >= 0.6 is 15.9 Å². The molecular weight excluding hydrogens is 320 g/mol. The van der Waals surface area contributed by atoms with Crippen molar-refractivity contribution in [3.8, 4) is 22.9 Å². The second-order valence-electron chi connectivity index (χ2n) is 4.51. The Labute approximate surface area is 124 Å². The van der Waals surface area contributed by atoms with Crippen molar-refractivity contribution in [2.75, 3.05) is 0 Å². The number of nitrogens with zero attached hydrogens (tertiary/aromatic N) is 1. The van der Waals surface area contributed by atoms with E-state index in [2.05, 4.69) is 20.9 Å². The minimum Gasteiger partial charge on any atom is -0.506 e. The molecule has 2 aromatic rings. The topological polar surface area (TPSA) is 76.9 Å². The molecule has 0 unspecified atom stereocenters. The van der Waals surface area contributed by atoms with Gasteiger partial charge in [0.25, 0.3) is 5.56 Å². The van der Waals surface area contributed by atoms with Gasteiger partial charge in [-0.2, -0.15) is 5.26 Å². The summed E-state index contributed by atoms with van der Waals surface area (Å²) >= 11 is 3.30. The molecule has 0 bridgehead atoms. The number of aromatic amines is 1. The van der Waals surface area contributed by atoms with E-state index in [1.54, 1.807) is 19.1 Å². The predicted molar refractivity (Wildman–Crippen MR) is 80.7 cm³/mol. The summed E-state index contributed by atoms with van der Waals surface area (Å²) in [5.41, 5.74) is 2.14. The van der Waals surface area contributed by atoms with Gasteiger partial charge in [-0.1, -0.05) is 6.92 Å². The van der Waals surface area contributed by atoms with Gasteiger partial charge in [-0.3, -0.25) is 4.79 Å². The molecule has 20 heavy (non-hydrogen) atoms. The number of aromatic nitrogens is 1. The lowest BCUT2D eigenvalue weighted by molar-refractivity contribution is 0.473. The molecule has 0 fully saturated rings. The number of phenols is 1. The summed E-state index contributed by atoms with van der Waals surface area (Å²) in [5, 5.41) is 19.4. The normalized spacial score (nSPS) is 10.3. The zero-order chi connectivity index (χ0) is 14.9. The van der Waals surface area contributed by atoms with Crippen molar-refractivity contribution in [1.29, 1.82) is 5.26 Å². The zero-order valence-electron chi connectivity index (χ0n) is 11.1. The van der Waals surface area contributed by atoms with Crippen LogP contribution in [0.25, 0.3) is 11.1 Å². The van der Waals surface area contributed by atoms with Gasteiger partial charge in [0.2, 0.25) is 0 Å². The Hall–Kier alpha value is -2.06. The second-order valence-corrected chi connectivity index (χ2v) is 5.36.